The molecule has 2 rings (SSSR count). The summed E-state index contributed by atoms with van der Waals surface area (Å²) in [6.07, 6.45) is 0. The number of halogens is 2. The van der Waals surface area contributed by atoms with Gasteiger partial charge in [-0.05, 0) is 0 Å². The van der Waals surface area contributed by atoms with Crippen molar-refractivity contribution in [2.45, 2.75) is 6.04 Å². The van der Waals surface area contributed by atoms with Crippen LogP contribution < -0.4 is 4.90 Å². The van der Waals surface area contributed by atoms with Crippen LogP contribution in [0.3, 0.4) is 0 Å². The van der Waals surface area contributed by atoms with Crippen molar-refractivity contribution in [3.05, 3.63) is 16.4 Å². The molecule has 1 aromatic heterocycles. The quantitative estimate of drug-likeness (QED) is 0.897. The monoisotopic (exact) mass is 293 g/mol. The third kappa shape index (κ3) is 2.75. The molecule has 0 aliphatic carbocycles. The Morgan fingerprint density at radius 2 is 2.29 bits per heavy atom. The zero-order valence-electron chi connectivity index (χ0n) is 8.64. The van der Waals surface area contributed by atoms with E-state index < -0.39 is 12.0 Å². The van der Waals surface area contributed by atoms with Gasteiger partial charge in [0.15, 0.2) is 10.3 Å². The number of carbonyl (C=O) groups is 1. The molecule has 1 atom stereocenters. The van der Waals surface area contributed by atoms with Gasteiger partial charge in [0.1, 0.15) is 6.04 Å². The van der Waals surface area contributed by atoms with Crippen molar-refractivity contribution in [2.75, 3.05) is 23.0 Å². The molecule has 0 amide bonds. The average Bonchev–Trinajstić information content (AvgIpc) is 2.32. The summed E-state index contributed by atoms with van der Waals surface area (Å²) in [5, 5.41) is 16.8. The topological polar surface area (TPSA) is 66.3 Å². The minimum absolute atomic E-state index is 0.174. The molecule has 1 saturated heterocycles. The Kier molecular flexibility index (Phi) is 3.96. The first-order chi connectivity index (χ1) is 8.09. The molecule has 0 aromatic carbocycles. The summed E-state index contributed by atoms with van der Waals surface area (Å²) in [7, 11) is 0. The number of thioether (sulfide) groups is 1. The number of aromatic nitrogens is 2. The van der Waals surface area contributed by atoms with Gasteiger partial charge in [0.25, 0.3) is 0 Å². The third-order valence-electron chi connectivity index (χ3n) is 2.42. The standard InChI is InChI=1S/C9H9Cl2N3O2S/c10-7-3-5(8(11)13-12-7)14-1-2-17-4-6(14)9(15)16/h3,6H,1-2,4H2,(H,15,16). The minimum Gasteiger partial charge on any atom is -0.480 e. The van der Waals surface area contributed by atoms with Crippen molar-refractivity contribution in [1.29, 1.82) is 0 Å². The smallest absolute Gasteiger partial charge is 0.327 e. The molecule has 1 aliphatic rings. The number of nitrogens with zero attached hydrogens (tertiary/aromatic N) is 3. The van der Waals surface area contributed by atoms with Gasteiger partial charge in [-0.3, -0.25) is 0 Å². The summed E-state index contributed by atoms with van der Waals surface area (Å²) < 4.78 is 0. The predicted octanol–water partition coefficient (Wildman–Crippen LogP) is 1.79. The fraction of sp³-hybridized carbons (Fsp3) is 0.444. The van der Waals surface area contributed by atoms with Crippen LogP contribution in [0.2, 0.25) is 10.3 Å². The third-order valence-corrected chi connectivity index (χ3v) is 3.90. The Bertz CT molecular complexity index is 446. The number of anilines is 1. The Hall–Kier alpha value is -0.720. The second-order valence-corrected chi connectivity index (χ2v) is 5.36. The van der Waals surface area contributed by atoms with Crippen LogP contribution in [0.5, 0.6) is 0 Å². The normalized spacial score (nSPS) is 20.4. The zero-order valence-corrected chi connectivity index (χ0v) is 11.0. The highest BCUT2D eigenvalue weighted by atomic mass is 35.5. The summed E-state index contributed by atoms with van der Waals surface area (Å²) in [4.78, 5) is 12.9. The van der Waals surface area contributed by atoms with Crippen molar-refractivity contribution >= 4 is 46.6 Å². The van der Waals surface area contributed by atoms with Gasteiger partial charge in [-0.2, -0.15) is 11.8 Å². The van der Waals surface area contributed by atoms with Crippen LogP contribution in [0.15, 0.2) is 6.07 Å². The maximum absolute atomic E-state index is 11.2. The van der Waals surface area contributed by atoms with Gasteiger partial charge in [0.05, 0.1) is 5.69 Å². The van der Waals surface area contributed by atoms with Gasteiger partial charge in [0.2, 0.25) is 0 Å². The van der Waals surface area contributed by atoms with Crippen molar-refractivity contribution in [2.24, 2.45) is 0 Å². The van der Waals surface area contributed by atoms with E-state index in [4.69, 9.17) is 28.3 Å². The molecule has 5 nitrogen and oxygen atoms in total. The fourth-order valence-electron chi connectivity index (χ4n) is 1.64. The molecular weight excluding hydrogens is 285 g/mol. The molecule has 0 spiro atoms. The van der Waals surface area contributed by atoms with Crippen molar-refractivity contribution in [1.82, 2.24) is 10.2 Å². The van der Waals surface area contributed by atoms with E-state index >= 15 is 0 Å². The largest absolute Gasteiger partial charge is 0.480 e. The maximum atomic E-state index is 11.2. The van der Waals surface area contributed by atoms with E-state index in [0.717, 1.165) is 5.75 Å². The molecular formula is C9H9Cl2N3O2S. The maximum Gasteiger partial charge on any atom is 0.327 e. The highest BCUT2D eigenvalue weighted by Gasteiger charge is 2.30. The average molecular weight is 294 g/mol. The summed E-state index contributed by atoms with van der Waals surface area (Å²) in [5.41, 5.74) is 0.527. The fourth-order valence-corrected chi connectivity index (χ4v) is 3.02. The second-order valence-electron chi connectivity index (χ2n) is 3.47. The van der Waals surface area contributed by atoms with Crippen LogP contribution >= 0.6 is 35.0 Å². The minimum atomic E-state index is -0.874. The Morgan fingerprint density at radius 1 is 1.53 bits per heavy atom. The van der Waals surface area contributed by atoms with Gasteiger partial charge in [-0.1, -0.05) is 23.2 Å². The molecule has 1 aromatic rings. The number of aliphatic carboxylic acids is 1. The lowest BCUT2D eigenvalue weighted by atomic mass is 10.2. The van der Waals surface area contributed by atoms with Gasteiger partial charge < -0.3 is 10.0 Å². The lowest BCUT2D eigenvalue weighted by Crippen LogP contribution is -2.47. The Balaban J connectivity index is 2.35. The van der Waals surface area contributed by atoms with E-state index in [2.05, 4.69) is 10.2 Å². The molecule has 17 heavy (non-hydrogen) atoms. The number of hydrogen-bond acceptors (Lipinski definition) is 5. The number of hydrogen-bond donors (Lipinski definition) is 1. The van der Waals surface area contributed by atoms with Crippen LogP contribution in [0.25, 0.3) is 0 Å². The van der Waals surface area contributed by atoms with Crippen molar-refractivity contribution in [3.63, 3.8) is 0 Å². The first kappa shape index (κ1) is 12.7. The van der Waals surface area contributed by atoms with Crippen molar-refractivity contribution < 1.29 is 9.90 Å². The summed E-state index contributed by atoms with van der Waals surface area (Å²) in [6, 6.07) is 0.939. The summed E-state index contributed by atoms with van der Waals surface area (Å²) in [5.74, 6) is 0.493. The number of rotatable bonds is 2. The zero-order chi connectivity index (χ0) is 12.4. The van der Waals surface area contributed by atoms with Gasteiger partial charge in [-0.15, -0.1) is 10.2 Å². The number of carboxylic acids is 1. The van der Waals surface area contributed by atoms with Crippen LogP contribution in [0.4, 0.5) is 5.69 Å². The van der Waals surface area contributed by atoms with Crippen LogP contribution in [-0.2, 0) is 4.79 Å². The van der Waals surface area contributed by atoms with E-state index in [1.54, 1.807) is 22.7 Å². The molecule has 1 aliphatic heterocycles. The van der Waals surface area contributed by atoms with Crippen molar-refractivity contribution in [3.8, 4) is 0 Å². The molecule has 1 unspecified atom stereocenters. The first-order valence-electron chi connectivity index (χ1n) is 4.85. The molecule has 0 bridgehead atoms. The first-order valence-corrected chi connectivity index (χ1v) is 6.76. The lowest BCUT2D eigenvalue weighted by molar-refractivity contribution is -0.138. The van der Waals surface area contributed by atoms with Gasteiger partial charge in [-0.25, -0.2) is 4.79 Å². The van der Waals surface area contributed by atoms with Gasteiger partial charge in [0, 0.05) is 24.1 Å². The summed E-state index contributed by atoms with van der Waals surface area (Å²) in [6.45, 7) is 0.601. The van der Waals surface area contributed by atoms with Gasteiger partial charge >= 0.3 is 5.97 Å². The predicted molar refractivity (Wildman–Crippen MR) is 68.1 cm³/mol. The highest BCUT2D eigenvalue weighted by molar-refractivity contribution is 7.99. The van der Waals surface area contributed by atoms with E-state index in [1.807, 2.05) is 0 Å². The van der Waals surface area contributed by atoms with Crippen LogP contribution in [0, 0.1) is 0 Å². The molecule has 1 N–H and O–H groups in total. The highest BCUT2D eigenvalue weighted by Crippen LogP contribution is 2.30. The lowest BCUT2D eigenvalue weighted by Gasteiger charge is -2.34. The van der Waals surface area contributed by atoms with E-state index in [9.17, 15) is 4.79 Å². The number of carboxylic acid groups (broad SMARTS) is 1. The Labute approximate surface area is 112 Å². The Morgan fingerprint density at radius 3 is 3.00 bits per heavy atom. The molecule has 0 saturated carbocycles. The molecule has 8 heteroatoms. The molecule has 2 heterocycles. The van der Waals surface area contributed by atoms with Crippen LogP contribution in [0.1, 0.15) is 0 Å². The second kappa shape index (κ2) is 5.29. The molecule has 92 valence electrons. The SMILES string of the molecule is O=C(O)C1CSCCN1c1cc(Cl)nnc1Cl. The molecule has 1 fully saturated rings. The summed E-state index contributed by atoms with van der Waals surface area (Å²) >= 11 is 13.3. The van der Waals surface area contributed by atoms with E-state index in [1.165, 1.54) is 0 Å². The van der Waals surface area contributed by atoms with Crippen LogP contribution in [-0.4, -0.2) is 45.4 Å². The van der Waals surface area contributed by atoms with E-state index in [0.29, 0.717) is 18.0 Å². The van der Waals surface area contributed by atoms with E-state index in [-0.39, 0.29) is 10.3 Å². The molecule has 0 radical (unpaired) electrons.